The van der Waals surface area contributed by atoms with Crippen LogP contribution in [0.3, 0.4) is 0 Å². The zero-order chi connectivity index (χ0) is 8.39. The van der Waals surface area contributed by atoms with Crippen molar-refractivity contribution in [3.8, 4) is 10.4 Å². The molecule has 0 unspecified atom stereocenters. The molecule has 2 rings (SSSR count). The van der Waals surface area contributed by atoms with Gasteiger partial charge in [0.15, 0.2) is 0 Å². The molecule has 0 saturated heterocycles. The summed E-state index contributed by atoms with van der Waals surface area (Å²) in [5.41, 5.74) is 2.60. The molecule has 2 nitrogen and oxygen atoms in total. The number of hydrogen-bond acceptors (Lipinski definition) is 2. The minimum atomic E-state index is 1.09. The topological polar surface area (TPSA) is 28.7 Å². The second-order valence-electron chi connectivity index (χ2n) is 2.62. The van der Waals surface area contributed by atoms with Gasteiger partial charge in [-0.15, -0.1) is 11.3 Å². The van der Waals surface area contributed by atoms with Gasteiger partial charge in [-0.2, -0.15) is 5.10 Å². The van der Waals surface area contributed by atoms with E-state index in [1.54, 1.807) is 11.3 Å². The van der Waals surface area contributed by atoms with Crippen molar-refractivity contribution in [2.24, 2.45) is 0 Å². The maximum atomic E-state index is 3.94. The van der Waals surface area contributed by atoms with Gasteiger partial charge in [0.05, 0.1) is 6.20 Å². The van der Waals surface area contributed by atoms with Crippen LogP contribution in [0.2, 0.25) is 0 Å². The molecule has 0 fully saturated rings. The van der Waals surface area contributed by atoms with Crippen LogP contribution in [0.1, 0.15) is 12.5 Å². The number of nitrogens with one attached hydrogen (secondary N) is 1. The molecule has 0 bridgehead atoms. The second kappa shape index (κ2) is 3.11. The third-order valence-corrected chi connectivity index (χ3v) is 2.89. The van der Waals surface area contributed by atoms with E-state index in [2.05, 4.69) is 28.6 Å². The van der Waals surface area contributed by atoms with Crippen molar-refractivity contribution in [3.63, 3.8) is 0 Å². The lowest BCUT2D eigenvalue weighted by molar-refractivity contribution is 1.09. The average molecular weight is 178 g/mol. The summed E-state index contributed by atoms with van der Waals surface area (Å²) in [6, 6.07) is 2.17. The van der Waals surface area contributed by atoms with Crippen molar-refractivity contribution in [2.75, 3.05) is 0 Å². The number of hydrogen-bond donors (Lipinski definition) is 1. The Hall–Kier alpha value is -1.09. The van der Waals surface area contributed by atoms with E-state index in [1.807, 2.05) is 12.4 Å². The number of aromatic amines is 1. The first-order valence-electron chi connectivity index (χ1n) is 3.97. The van der Waals surface area contributed by atoms with Gasteiger partial charge in [0, 0.05) is 16.6 Å². The van der Waals surface area contributed by atoms with E-state index in [9.17, 15) is 0 Å². The molecule has 0 aromatic carbocycles. The molecule has 62 valence electrons. The van der Waals surface area contributed by atoms with E-state index in [1.165, 1.54) is 16.0 Å². The summed E-state index contributed by atoms with van der Waals surface area (Å²) in [5.74, 6) is 0. The SMILES string of the molecule is CCc1ccsc1-c1cn[nH]c1. The normalized spacial score (nSPS) is 10.4. The molecule has 0 aliphatic heterocycles. The van der Waals surface area contributed by atoms with Gasteiger partial charge in [0.2, 0.25) is 0 Å². The van der Waals surface area contributed by atoms with Crippen molar-refractivity contribution >= 4 is 11.3 Å². The largest absolute Gasteiger partial charge is 0.285 e. The molecule has 1 N–H and O–H groups in total. The highest BCUT2D eigenvalue weighted by molar-refractivity contribution is 7.13. The van der Waals surface area contributed by atoms with Crippen molar-refractivity contribution < 1.29 is 0 Å². The van der Waals surface area contributed by atoms with Crippen molar-refractivity contribution in [3.05, 3.63) is 29.4 Å². The third kappa shape index (κ3) is 1.16. The van der Waals surface area contributed by atoms with Crippen molar-refractivity contribution in [1.82, 2.24) is 10.2 Å². The van der Waals surface area contributed by atoms with Crippen LogP contribution in [0.15, 0.2) is 23.8 Å². The number of thiophene rings is 1. The van der Waals surface area contributed by atoms with Crippen LogP contribution in [0, 0.1) is 0 Å². The lowest BCUT2D eigenvalue weighted by Crippen LogP contribution is -1.77. The Labute approximate surface area is 75.3 Å². The van der Waals surface area contributed by atoms with E-state index in [-0.39, 0.29) is 0 Å². The fraction of sp³-hybridized carbons (Fsp3) is 0.222. The first kappa shape index (κ1) is 7.55. The summed E-state index contributed by atoms with van der Waals surface area (Å²) in [6.45, 7) is 2.17. The summed E-state index contributed by atoms with van der Waals surface area (Å²) in [7, 11) is 0. The maximum Gasteiger partial charge on any atom is 0.0574 e. The third-order valence-electron chi connectivity index (χ3n) is 1.89. The van der Waals surface area contributed by atoms with E-state index in [0.29, 0.717) is 0 Å². The second-order valence-corrected chi connectivity index (χ2v) is 3.53. The van der Waals surface area contributed by atoms with Gasteiger partial charge in [0.1, 0.15) is 0 Å². The summed E-state index contributed by atoms with van der Waals surface area (Å²) < 4.78 is 0. The highest BCUT2D eigenvalue weighted by atomic mass is 32.1. The van der Waals surface area contributed by atoms with Gasteiger partial charge in [-0.05, 0) is 23.4 Å². The number of aromatic nitrogens is 2. The predicted octanol–water partition coefficient (Wildman–Crippen LogP) is 2.70. The maximum absolute atomic E-state index is 3.94. The minimum absolute atomic E-state index is 1.09. The lowest BCUT2D eigenvalue weighted by atomic mass is 10.1. The molecular formula is C9H10N2S. The van der Waals surface area contributed by atoms with Gasteiger partial charge in [-0.3, -0.25) is 5.10 Å². The van der Waals surface area contributed by atoms with E-state index >= 15 is 0 Å². The molecule has 0 atom stereocenters. The monoisotopic (exact) mass is 178 g/mol. The van der Waals surface area contributed by atoms with E-state index < -0.39 is 0 Å². The van der Waals surface area contributed by atoms with Crippen LogP contribution in [0.25, 0.3) is 10.4 Å². The Kier molecular flexibility index (Phi) is 1.96. The fourth-order valence-electron chi connectivity index (χ4n) is 1.24. The molecule has 0 amide bonds. The number of rotatable bonds is 2. The first-order chi connectivity index (χ1) is 5.92. The van der Waals surface area contributed by atoms with E-state index in [0.717, 1.165) is 6.42 Å². The predicted molar refractivity (Wildman–Crippen MR) is 51.3 cm³/mol. The highest BCUT2D eigenvalue weighted by Gasteiger charge is 2.04. The highest BCUT2D eigenvalue weighted by Crippen LogP contribution is 2.28. The van der Waals surface area contributed by atoms with Gasteiger partial charge < -0.3 is 0 Å². The van der Waals surface area contributed by atoms with Crippen LogP contribution >= 0.6 is 11.3 Å². The Morgan fingerprint density at radius 3 is 3.17 bits per heavy atom. The molecule has 2 heterocycles. The molecule has 2 aromatic rings. The van der Waals surface area contributed by atoms with Crippen LogP contribution in [0.4, 0.5) is 0 Å². The Bertz CT molecular complexity index is 348. The van der Waals surface area contributed by atoms with E-state index in [4.69, 9.17) is 0 Å². The Morgan fingerprint density at radius 2 is 2.50 bits per heavy atom. The first-order valence-corrected chi connectivity index (χ1v) is 4.85. The summed E-state index contributed by atoms with van der Waals surface area (Å²) >= 11 is 1.77. The standard InChI is InChI=1S/C9H10N2S/c1-2-7-3-4-12-9(7)8-5-10-11-6-8/h3-6H,2H2,1H3,(H,10,11). The molecule has 2 aromatic heterocycles. The summed E-state index contributed by atoms with van der Waals surface area (Å²) in [6.07, 6.45) is 4.89. The number of aryl methyl sites for hydroxylation is 1. The number of nitrogens with zero attached hydrogens (tertiary/aromatic N) is 1. The van der Waals surface area contributed by atoms with Crippen LogP contribution < -0.4 is 0 Å². The Balaban J connectivity index is 2.46. The van der Waals surface area contributed by atoms with Crippen LogP contribution in [-0.2, 0) is 6.42 Å². The molecule has 0 aliphatic rings. The number of H-pyrrole nitrogens is 1. The molecular weight excluding hydrogens is 168 g/mol. The van der Waals surface area contributed by atoms with Gasteiger partial charge in [-0.1, -0.05) is 6.92 Å². The Morgan fingerprint density at radius 1 is 1.58 bits per heavy atom. The minimum Gasteiger partial charge on any atom is -0.285 e. The molecule has 0 saturated carbocycles. The molecule has 3 heteroatoms. The van der Waals surface area contributed by atoms with Gasteiger partial charge in [-0.25, -0.2) is 0 Å². The molecule has 0 aliphatic carbocycles. The summed E-state index contributed by atoms with van der Waals surface area (Å²) in [5, 5.41) is 8.89. The molecule has 12 heavy (non-hydrogen) atoms. The van der Waals surface area contributed by atoms with Crippen LogP contribution in [-0.4, -0.2) is 10.2 Å². The molecule has 0 spiro atoms. The summed E-state index contributed by atoms with van der Waals surface area (Å²) in [4.78, 5) is 1.34. The zero-order valence-corrected chi connectivity index (χ0v) is 7.69. The van der Waals surface area contributed by atoms with Crippen molar-refractivity contribution in [2.45, 2.75) is 13.3 Å². The quantitative estimate of drug-likeness (QED) is 0.752. The average Bonchev–Trinajstić information content (AvgIpc) is 2.74. The van der Waals surface area contributed by atoms with Crippen LogP contribution in [0.5, 0.6) is 0 Å². The smallest absolute Gasteiger partial charge is 0.0574 e. The van der Waals surface area contributed by atoms with Gasteiger partial charge >= 0.3 is 0 Å². The van der Waals surface area contributed by atoms with Crippen molar-refractivity contribution in [1.29, 1.82) is 0 Å². The fourth-order valence-corrected chi connectivity index (χ4v) is 2.22. The van der Waals surface area contributed by atoms with Gasteiger partial charge in [0.25, 0.3) is 0 Å². The molecule has 0 radical (unpaired) electrons. The lowest BCUT2D eigenvalue weighted by Gasteiger charge is -1.95. The zero-order valence-electron chi connectivity index (χ0n) is 6.87.